The fraction of sp³-hybridized carbons (Fsp3) is 0.929. The molecule has 1 unspecified atom stereocenters. The largest absolute Gasteiger partial charge is 0.444 e. The molecule has 1 atom stereocenters. The zero-order chi connectivity index (χ0) is 14.9. The Kier molecular flexibility index (Phi) is 8.02. The summed E-state index contributed by atoms with van der Waals surface area (Å²) >= 11 is 0. The van der Waals surface area contributed by atoms with Crippen molar-refractivity contribution in [3.63, 3.8) is 0 Å². The molecule has 0 aliphatic rings. The van der Waals surface area contributed by atoms with Gasteiger partial charge in [0.1, 0.15) is 5.60 Å². The van der Waals surface area contributed by atoms with Crippen LogP contribution in [0.15, 0.2) is 0 Å². The number of carbonyl (C=O) groups is 1. The number of amides is 1. The van der Waals surface area contributed by atoms with E-state index in [-0.39, 0.29) is 12.0 Å². The highest BCUT2D eigenvalue weighted by molar-refractivity contribution is 5.67. The summed E-state index contributed by atoms with van der Waals surface area (Å²) in [5.74, 6) is 0. The Morgan fingerprint density at radius 2 is 1.84 bits per heavy atom. The van der Waals surface area contributed by atoms with Crippen LogP contribution in [0.25, 0.3) is 0 Å². The number of methoxy groups -OCH3 is 1. The van der Waals surface area contributed by atoms with Crippen LogP contribution in [0.2, 0.25) is 0 Å². The number of alkyl carbamates (subject to hydrolysis) is 1. The molecule has 0 saturated heterocycles. The number of unbranched alkanes of at least 4 members (excludes halogenated alkanes) is 1. The van der Waals surface area contributed by atoms with Crippen molar-refractivity contribution in [1.82, 2.24) is 5.32 Å². The maximum absolute atomic E-state index is 11.6. The topological polar surface area (TPSA) is 67.8 Å². The first-order chi connectivity index (χ1) is 8.72. The van der Waals surface area contributed by atoms with E-state index in [4.69, 9.17) is 9.47 Å². The fourth-order valence-corrected chi connectivity index (χ4v) is 1.62. The maximum atomic E-state index is 11.6. The number of rotatable bonds is 8. The van der Waals surface area contributed by atoms with Crippen LogP contribution in [0.3, 0.4) is 0 Å². The average Bonchev–Trinajstić information content (AvgIpc) is 2.30. The first kappa shape index (κ1) is 18.2. The van der Waals surface area contributed by atoms with Gasteiger partial charge in [0.25, 0.3) is 0 Å². The molecule has 19 heavy (non-hydrogen) atoms. The van der Waals surface area contributed by atoms with Gasteiger partial charge in [0.15, 0.2) is 0 Å². The van der Waals surface area contributed by atoms with E-state index in [1.807, 2.05) is 27.7 Å². The van der Waals surface area contributed by atoms with Crippen molar-refractivity contribution in [3.05, 3.63) is 0 Å². The van der Waals surface area contributed by atoms with Gasteiger partial charge in [-0.25, -0.2) is 4.79 Å². The smallest absolute Gasteiger partial charge is 0.407 e. The van der Waals surface area contributed by atoms with Crippen molar-refractivity contribution in [3.8, 4) is 0 Å². The van der Waals surface area contributed by atoms with Crippen molar-refractivity contribution in [2.24, 2.45) is 5.41 Å². The average molecular weight is 275 g/mol. The molecule has 0 aromatic rings. The summed E-state index contributed by atoms with van der Waals surface area (Å²) in [7, 11) is 1.68. The lowest BCUT2D eigenvalue weighted by Gasteiger charge is -2.28. The molecule has 0 rings (SSSR count). The molecule has 0 spiro atoms. The van der Waals surface area contributed by atoms with E-state index < -0.39 is 11.7 Å². The van der Waals surface area contributed by atoms with Gasteiger partial charge in [0, 0.05) is 25.7 Å². The third-order valence-electron chi connectivity index (χ3n) is 2.82. The summed E-state index contributed by atoms with van der Waals surface area (Å²) in [5.41, 5.74) is -0.817. The van der Waals surface area contributed by atoms with E-state index in [0.29, 0.717) is 6.54 Å². The standard InChI is InChI=1S/C14H29NO4/c1-13(2,3)19-12(17)15-10-14(4,11-16)8-6-7-9-18-5/h16H,6-11H2,1-5H3,(H,15,17). The molecule has 114 valence electrons. The normalized spacial score (nSPS) is 14.8. The molecule has 0 radical (unpaired) electrons. The van der Waals surface area contributed by atoms with Crippen molar-refractivity contribution in [2.45, 2.75) is 52.6 Å². The van der Waals surface area contributed by atoms with Crippen LogP contribution in [0.1, 0.15) is 47.0 Å². The summed E-state index contributed by atoms with van der Waals surface area (Å²) in [6, 6.07) is 0. The number of aliphatic hydroxyl groups excluding tert-OH is 1. The second-order valence-electron chi connectivity index (χ2n) is 6.27. The van der Waals surface area contributed by atoms with Crippen LogP contribution < -0.4 is 5.32 Å². The Morgan fingerprint density at radius 3 is 2.32 bits per heavy atom. The van der Waals surface area contributed by atoms with Gasteiger partial charge in [-0.05, 0) is 33.6 Å². The molecule has 0 saturated carbocycles. The molecule has 2 N–H and O–H groups in total. The van der Waals surface area contributed by atoms with Gasteiger partial charge < -0.3 is 19.9 Å². The number of aliphatic hydroxyl groups is 1. The lowest BCUT2D eigenvalue weighted by molar-refractivity contribution is 0.0468. The SMILES string of the molecule is COCCCCC(C)(CO)CNC(=O)OC(C)(C)C. The van der Waals surface area contributed by atoms with Crippen molar-refractivity contribution in [1.29, 1.82) is 0 Å². The zero-order valence-electron chi connectivity index (χ0n) is 12.9. The maximum Gasteiger partial charge on any atom is 0.407 e. The summed E-state index contributed by atoms with van der Waals surface area (Å²) in [6.07, 6.45) is 2.31. The molecule has 0 aliphatic heterocycles. The first-order valence-corrected chi connectivity index (χ1v) is 6.79. The summed E-state index contributed by atoms with van der Waals surface area (Å²) in [4.78, 5) is 11.6. The van der Waals surface area contributed by atoms with Crippen LogP contribution in [0.5, 0.6) is 0 Å². The lowest BCUT2D eigenvalue weighted by Crippen LogP contribution is -2.40. The van der Waals surface area contributed by atoms with E-state index in [2.05, 4.69) is 5.32 Å². The minimum absolute atomic E-state index is 0.0375. The number of carbonyl (C=O) groups excluding carboxylic acids is 1. The van der Waals surface area contributed by atoms with Crippen LogP contribution in [0, 0.1) is 5.41 Å². The quantitative estimate of drug-likeness (QED) is 0.667. The van der Waals surface area contributed by atoms with E-state index in [1.54, 1.807) is 7.11 Å². The fourth-order valence-electron chi connectivity index (χ4n) is 1.62. The molecule has 0 aromatic heterocycles. The number of nitrogens with one attached hydrogen (secondary N) is 1. The molecular formula is C14H29NO4. The highest BCUT2D eigenvalue weighted by Crippen LogP contribution is 2.22. The first-order valence-electron chi connectivity index (χ1n) is 6.79. The van der Waals surface area contributed by atoms with Crippen LogP contribution in [-0.4, -0.2) is 43.7 Å². The predicted octanol–water partition coefficient (Wildman–Crippen LogP) is 2.33. The van der Waals surface area contributed by atoms with Gasteiger partial charge in [-0.15, -0.1) is 0 Å². The number of hydrogen-bond donors (Lipinski definition) is 2. The molecule has 5 heteroatoms. The van der Waals surface area contributed by atoms with Gasteiger partial charge in [-0.1, -0.05) is 13.3 Å². The van der Waals surface area contributed by atoms with Crippen molar-refractivity contribution >= 4 is 6.09 Å². The molecular weight excluding hydrogens is 246 g/mol. The Hall–Kier alpha value is -0.810. The van der Waals surface area contributed by atoms with Crippen LogP contribution in [-0.2, 0) is 9.47 Å². The number of hydrogen-bond acceptors (Lipinski definition) is 4. The Morgan fingerprint density at radius 1 is 1.21 bits per heavy atom. The van der Waals surface area contributed by atoms with Crippen LogP contribution >= 0.6 is 0 Å². The third-order valence-corrected chi connectivity index (χ3v) is 2.82. The Bertz CT molecular complexity index is 263. The van der Waals surface area contributed by atoms with Crippen LogP contribution in [0.4, 0.5) is 4.79 Å². The third kappa shape index (κ3) is 9.73. The molecule has 0 bridgehead atoms. The van der Waals surface area contributed by atoms with Gasteiger partial charge in [0.05, 0.1) is 6.61 Å². The minimum Gasteiger partial charge on any atom is -0.444 e. The minimum atomic E-state index is -0.502. The second-order valence-corrected chi connectivity index (χ2v) is 6.27. The molecule has 0 aliphatic carbocycles. The van der Waals surface area contributed by atoms with Gasteiger partial charge in [-0.2, -0.15) is 0 Å². The lowest BCUT2D eigenvalue weighted by atomic mass is 9.86. The molecule has 0 fully saturated rings. The van der Waals surface area contributed by atoms with E-state index in [1.165, 1.54) is 0 Å². The van der Waals surface area contributed by atoms with Gasteiger partial charge in [0.2, 0.25) is 0 Å². The van der Waals surface area contributed by atoms with E-state index >= 15 is 0 Å². The summed E-state index contributed by atoms with van der Waals surface area (Å²) in [5, 5.41) is 12.2. The van der Waals surface area contributed by atoms with E-state index in [0.717, 1.165) is 25.9 Å². The van der Waals surface area contributed by atoms with E-state index in [9.17, 15) is 9.90 Å². The second kappa shape index (κ2) is 8.38. The Balaban J connectivity index is 4.05. The highest BCUT2D eigenvalue weighted by atomic mass is 16.6. The summed E-state index contributed by atoms with van der Waals surface area (Å²) in [6.45, 7) is 8.59. The van der Waals surface area contributed by atoms with Crippen molar-refractivity contribution in [2.75, 3.05) is 26.9 Å². The number of ether oxygens (including phenoxy) is 2. The summed E-state index contributed by atoms with van der Waals surface area (Å²) < 4.78 is 10.2. The molecule has 5 nitrogen and oxygen atoms in total. The molecule has 0 heterocycles. The molecule has 0 aromatic carbocycles. The van der Waals surface area contributed by atoms with Crippen molar-refractivity contribution < 1.29 is 19.4 Å². The van der Waals surface area contributed by atoms with Gasteiger partial charge >= 0.3 is 6.09 Å². The highest BCUT2D eigenvalue weighted by Gasteiger charge is 2.25. The monoisotopic (exact) mass is 275 g/mol. The predicted molar refractivity (Wildman–Crippen MR) is 75.2 cm³/mol. The zero-order valence-corrected chi connectivity index (χ0v) is 12.9. The Labute approximate surface area is 116 Å². The molecule has 1 amide bonds. The van der Waals surface area contributed by atoms with Gasteiger partial charge in [-0.3, -0.25) is 0 Å².